The summed E-state index contributed by atoms with van der Waals surface area (Å²) in [7, 11) is 1.78. The van der Waals surface area contributed by atoms with Crippen LogP contribution < -0.4 is 16.5 Å². The van der Waals surface area contributed by atoms with Gasteiger partial charge in [-0.3, -0.25) is 15.2 Å². The van der Waals surface area contributed by atoms with E-state index in [1.54, 1.807) is 42.5 Å². The van der Waals surface area contributed by atoms with Crippen LogP contribution in [0.5, 0.6) is 0 Å². The van der Waals surface area contributed by atoms with Crippen LogP contribution in [0, 0.1) is 0 Å². The standard InChI is InChI=1S/C15H18Cl2FN5O2/c1-23-11(7-20-15(19)22-23)8-2-4-9(5-3-8)12(24)10(6-18)21-14(25)13(16)17/h2-5,7,10,12-13,24H,6H2,1H3,(H,21,25)(H3,19,20,22)/t10-,12-/m1/s1. The van der Waals surface area contributed by atoms with Crippen molar-refractivity contribution in [3.63, 3.8) is 0 Å². The first kappa shape index (κ1) is 19.3. The fourth-order valence-electron chi connectivity index (χ4n) is 2.28. The van der Waals surface area contributed by atoms with Crippen LogP contribution in [0.1, 0.15) is 17.2 Å². The molecule has 1 amide bonds. The number of alkyl halides is 3. The number of rotatable bonds is 6. The van der Waals surface area contributed by atoms with E-state index in [1.165, 1.54) is 0 Å². The van der Waals surface area contributed by atoms with E-state index in [4.69, 9.17) is 28.9 Å². The molecule has 1 aromatic carbocycles. The van der Waals surface area contributed by atoms with Crippen LogP contribution in [0.2, 0.25) is 0 Å². The highest BCUT2D eigenvalue weighted by atomic mass is 35.5. The van der Waals surface area contributed by atoms with Crippen molar-refractivity contribution < 1.29 is 14.3 Å². The molecular formula is C15H18Cl2FN5O2. The van der Waals surface area contributed by atoms with Gasteiger partial charge in [0.15, 0.2) is 4.84 Å². The summed E-state index contributed by atoms with van der Waals surface area (Å²) < 4.78 is 13.2. The molecule has 1 aromatic rings. The molecule has 1 aliphatic rings. The zero-order valence-electron chi connectivity index (χ0n) is 13.3. The third-order valence-corrected chi connectivity index (χ3v) is 3.99. The number of carbonyl (C=O) groups is 1. The zero-order chi connectivity index (χ0) is 18.6. The van der Waals surface area contributed by atoms with Gasteiger partial charge in [-0.2, -0.15) is 0 Å². The second kappa shape index (κ2) is 8.37. The van der Waals surface area contributed by atoms with Crippen molar-refractivity contribution in [3.8, 4) is 0 Å². The summed E-state index contributed by atoms with van der Waals surface area (Å²) in [6, 6.07) is 5.58. The van der Waals surface area contributed by atoms with Gasteiger partial charge >= 0.3 is 0 Å². The number of carbonyl (C=O) groups excluding carboxylic acids is 1. The largest absolute Gasteiger partial charge is 0.386 e. The number of benzene rings is 1. The molecule has 0 unspecified atom stereocenters. The molecule has 0 spiro atoms. The third kappa shape index (κ3) is 4.75. The van der Waals surface area contributed by atoms with Crippen molar-refractivity contribution in [2.24, 2.45) is 10.7 Å². The van der Waals surface area contributed by atoms with Crippen molar-refractivity contribution in [2.45, 2.75) is 17.0 Å². The Morgan fingerprint density at radius 2 is 2.08 bits per heavy atom. The van der Waals surface area contributed by atoms with Gasteiger partial charge in [-0.25, -0.2) is 9.38 Å². The maximum Gasteiger partial charge on any atom is 0.253 e. The third-order valence-electron chi connectivity index (χ3n) is 3.59. The van der Waals surface area contributed by atoms with Crippen LogP contribution in [-0.4, -0.2) is 46.6 Å². The molecule has 136 valence electrons. The first-order valence-corrected chi connectivity index (χ1v) is 8.17. The minimum atomic E-state index is -1.34. The highest BCUT2D eigenvalue weighted by Gasteiger charge is 2.25. The van der Waals surface area contributed by atoms with Gasteiger partial charge in [-0.1, -0.05) is 47.5 Å². The number of nitrogens with one attached hydrogen (secondary N) is 2. The van der Waals surface area contributed by atoms with Crippen LogP contribution in [0.4, 0.5) is 4.39 Å². The molecular weight excluding hydrogens is 372 g/mol. The molecule has 10 heteroatoms. The summed E-state index contributed by atoms with van der Waals surface area (Å²) in [5.74, 6) is -0.492. The SMILES string of the molecule is CN1NC(N)=NC=C1c1ccc([C@@H](O)[C@@H](CF)NC(=O)C(Cl)Cl)cc1. The van der Waals surface area contributed by atoms with Crippen LogP contribution in [0.25, 0.3) is 5.70 Å². The number of aliphatic hydroxyl groups excluding tert-OH is 1. The molecule has 0 saturated heterocycles. The van der Waals surface area contributed by atoms with E-state index in [2.05, 4.69) is 15.7 Å². The lowest BCUT2D eigenvalue weighted by atomic mass is 10.0. The number of halogens is 3. The summed E-state index contributed by atoms with van der Waals surface area (Å²) >= 11 is 10.8. The van der Waals surface area contributed by atoms with E-state index in [1.807, 2.05) is 0 Å². The smallest absolute Gasteiger partial charge is 0.253 e. The average Bonchev–Trinajstić information content (AvgIpc) is 2.59. The lowest BCUT2D eigenvalue weighted by Crippen LogP contribution is -2.44. The van der Waals surface area contributed by atoms with E-state index in [-0.39, 0.29) is 5.96 Å². The summed E-state index contributed by atoms with van der Waals surface area (Å²) in [5, 5.41) is 14.2. The maximum absolute atomic E-state index is 13.2. The van der Waals surface area contributed by atoms with Gasteiger partial charge in [0.05, 0.1) is 17.9 Å². The Morgan fingerprint density at radius 1 is 1.44 bits per heavy atom. The fraction of sp³-hybridized carbons (Fsp3) is 0.333. The van der Waals surface area contributed by atoms with Crippen molar-refractivity contribution >= 4 is 40.8 Å². The summed E-state index contributed by atoms with van der Waals surface area (Å²) in [6.07, 6.45) is 0.350. The van der Waals surface area contributed by atoms with Crippen molar-refractivity contribution in [3.05, 3.63) is 41.6 Å². The average molecular weight is 390 g/mol. The Kier molecular flexibility index (Phi) is 6.46. The quantitative estimate of drug-likeness (QED) is 0.544. The molecule has 1 heterocycles. The highest BCUT2D eigenvalue weighted by Crippen LogP contribution is 2.23. The van der Waals surface area contributed by atoms with Gasteiger partial charge in [-0.15, -0.1) is 0 Å². The number of hydrazine groups is 1. The lowest BCUT2D eigenvalue weighted by Gasteiger charge is -2.27. The Bertz CT molecular complexity index is 681. The number of nitrogens with two attached hydrogens (primary N) is 1. The van der Waals surface area contributed by atoms with E-state index in [0.29, 0.717) is 5.56 Å². The minimum Gasteiger partial charge on any atom is -0.386 e. The Labute approximate surface area is 154 Å². The van der Waals surface area contributed by atoms with Gasteiger partial charge in [-0.05, 0) is 5.56 Å². The number of aliphatic hydroxyl groups is 1. The molecule has 7 nitrogen and oxygen atoms in total. The lowest BCUT2D eigenvalue weighted by molar-refractivity contribution is -0.121. The highest BCUT2D eigenvalue weighted by molar-refractivity contribution is 6.53. The van der Waals surface area contributed by atoms with Gasteiger partial charge in [0.1, 0.15) is 12.8 Å². The molecule has 1 aliphatic heterocycles. The van der Waals surface area contributed by atoms with Crippen LogP contribution in [-0.2, 0) is 4.79 Å². The molecule has 0 saturated carbocycles. The normalized spacial score (nSPS) is 16.6. The molecule has 2 rings (SSSR count). The van der Waals surface area contributed by atoms with E-state index in [9.17, 15) is 14.3 Å². The second-order valence-electron chi connectivity index (χ2n) is 5.34. The second-order valence-corrected chi connectivity index (χ2v) is 6.43. The number of hydrogen-bond donors (Lipinski definition) is 4. The maximum atomic E-state index is 13.2. The molecule has 0 aromatic heterocycles. The predicted molar refractivity (Wildman–Crippen MR) is 95.3 cm³/mol. The molecule has 5 N–H and O–H groups in total. The molecule has 0 aliphatic carbocycles. The van der Waals surface area contributed by atoms with Gasteiger partial charge in [0.2, 0.25) is 5.96 Å². The van der Waals surface area contributed by atoms with Crippen LogP contribution in [0.15, 0.2) is 35.5 Å². The molecule has 2 atom stereocenters. The summed E-state index contributed by atoms with van der Waals surface area (Å²) in [4.78, 5) is 14.1. The van der Waals surface area contributed by atoms with E-state index in [0.717, 1.165) is 11.3 Å². The van der Waals surface area contributed by atoms with Gasteiger partial charge < -0.3 is 16.2 Å². The summed E-state index contributed by atoms with van der Waals surface area (Å²) in [5.41, 5.74) is 10.4. The first-order chi connectivity index (χ1) is 11.8. The van der Waals surface area contributed by atoms with Crippen molar-refractivity contribution in [2.75, 3.05) is 13.7 Å². The Hall–Kier alpha value is -2.03. The number of amides is 1. The summed E-state index contributed by atoms with van der Waals surface area (Å²) in [6.45, 7) is -0.971. The first-order valence-electron chi connectivity index (χ1n) is 7.30. The fourth-order valence-corrected chi connectivity index (χ4v) is 2.40. The number of aliphatic imine (C=N–C) groups is 1. The Morgan fingerprint density at radius 3 is 2.60 bits per heavy atom. The zero-order valence-corrected chi connectivity index (χ0v) is 14.8. The van der Waals surface area contributed by atoms with Crippen LogP contribution >= 0.6 is 23.2 Å². The van der Waals surface area contributed by atoms with E-state index >= 15 is 0 Å². The predicted octanol–water partition coefficient (Wildman–Crippen LogP) is 1.04. The number of guanidine groups is 1. The number of hydrogen-bond acceptors (Lipinski definition) is 6. The number of nitrogens with zero attached hydrogens (tertiary/aromatic N) is 2. The van der Waals surface area contributed by atoms with Crippen molar-refractivity contribution in [1.82, 2.24) is 15.8 Å². The monoisotopic (exact) mass is 389 g/mol. The molecule has 25 heavy (non-hydrogen) atoms. The van der Waals surface area contributed by atoms with E-state index < -0.39 is 29.6 Å². The Balaban J connectivity index is 2.14. The minimum absolute atomic E-state index is 0.275. The molecule has 0 radical (unpaired) electrons. The molecule has 0 fully saturated rings. The van der Waals surface area contributed by atoms with Gasteiger partial charge in [0.25, 0.3) is 5.91 Å². The topological polar surface area (TPSA) is 103 Å². The van der Waals surface area contributed by atoms with Crippen molar-refractivity contribution in [1.29, 1.82) is 0 Å². The van der Waals surface area contributed by atoms with Crippen LogP contribution in [0.3, 0.4) is 0 Å². The van der Waals surface area contributed by atoms with Gasteiger partial charge in [0, 0.05) is 12.6 Å². The molecule has 0 bridgehead atoms.